The number of aromatic carboxylic acids is 1. The van der Waals surface area contributed by atoms with Crippen LogP contribution in [0.2, 0.25) is 0 Å². The number of carbonyl (C=O) groups is 1. The van der Waals surface area contributed by atoms with Crippen molar-refractivity contribution >= 4 is 28.8 Å². The molecule has 2 aromatic carbocycles. The third-order valence-electron chi connectivity index (χ3n) is 3.90. The second kappa shape index (κ2) is 9.61. The molecule has 0 saturated heterocycles. The number of nitrogens with one attached hydrogen (secondary N) is 1. The molecule has 0 fully saturated rings. The van der Waals surface area contributed by atoms with Crippen LogP contribution >= 0.6 is 11.8 Å². The number of aromatic nitrogens is 3. The Morgan fingerprint density at radius 3 is 2.62 bits per heavy atom. The maximum atomic E-state index is 10.2. The Bertz CT molecular complexity index is 1070. The summed E-state index contributed by atoms with van der Waals surface area (Å²) in [6, 6.07) is 15.5. The molecule has 0 spiro atoms. The summed E-state index contributed by atoms with van der Waals surface area (Å²) >= 11 is 1.59. The highest BCUT2D eigenvalue weighted by molar-refractivity contribution is 7.98. The molecule has 0 atom stereocenters. The highest BCUT2D eigenvalue weighted by Crippen LogP contribution is 2.29. The molecule has 0 aliphatic heterocycles. The number of phenols is 1. The average Bonchev–Trinajstić information content (AvgIpc) is 3.17. The number of fused-ring (bicyclic) bond motifs is 1. The molecule has 0 radical (unpaired) electrons. The summed E-state index contributed by atoms with van der Waals surface area (Å²) in [7, 11) is 1.54. The van der Waals surface area contributed by atoms with Gasteiger partial charge < -0.3 is 19.9 Å². The first-order valence-corrected chi connectivity index (χ1v) is 9.62. The van der Waals surface area contributed by atoms with Crippen molar-refractivity contribution in [1.82, 2.24) is 15.0 Å². The number of ether oxygens (including phenoxy) is 1. The number of nitrogens with zero attached hydrogens (tertiary/aromatic N) is 2. The summed E-state index contributed by atoms with van der Waals surface area (Å²) in [6.45, 7) is 0. The molecule has 0 bridgehead atoms. The van der Waals surface area contributed by atoms with E-state index in [0.717, 1.165) is 27.5 Å². The number of thioether (sulfide) groups is 1. The van der Waals surface area contributed by atoms with Gasteiger partial charge in [-0.3, -0.25) is 4.98 Å². The van der Waals surface area contributed by atoms with Gasteiger partial charge in [-0.1, -0.05) is 36.0 Å². The number of aromatic hydroxyl groups is 1. The van der Waals surface area contributed by atoms with Crippen LogP contribution in [0.4, 0.5) is 0 Å². The number of aromatic amines is 1. The first-order valence-electron chi connectivity index (χ1n) is 8.63. The molecule has 0 saturated carbocycles. The van der Waals surface area contributed by atoms with E-state index >= 15 is 0 Å². The van der Waals surface area contributed by atoms with Gasteiger partial charge >= 0.3 is 5.97 Å². The normalized spacial score (nSPS) is 10.2. The molecule has 0 aliphatic rings. The van der Waals surface area contributed by atoms with E-state index in [1.165, 1.54) is 7.11 Å². The van der Waals surface area contributed by atoms with Crippen molar-refractivity contribution in [2.45, 2.75) is 10.9 Å². The average molecular weight is 409 g/mol. The Kier molecular flexibility index (Phi) is 6.70. The molecule has 148 valence electrons. The zero-order chi connectivity index (χ0) is 20.6. The number of imidazole rings is 1. The van der Waals surface area contributed by atoms with Crippen molar-refractivity contribution in [3.05, 3.63) is 78.1 Å². The van der Waals surface area contributed by atoms with Gasteiger partial charge in [-0.05, 0) is 35.9 Å². The van der Waals surface area contributed by atoms with Gasteiger partial charge in [-0.25, -0.2) is 9.78 Å². The van der Waals surface area contributed by atoms with E-state index in [9.17, 15) is 9.90 Å². The fourth-order valence-electron chi connectivity index (χ4n) is 2.45. The second-order valence-electron chi connectivity index (χ2n) is 5.90. The molecule has 2 aromatic heterocycles. The Labute approximate surface area is 171 Å². The largest absolute Gasteiger partial charge is 0.504 e. The zero-order valence-electron chi connectivity index (χ0n) is 15.6. The third-order valence-corrected chi connectivity index (χ3v) is 4.85. The predicted octanol–water partition coefficient (Wildman–Crippen LogP) is 4.35. The quantitative estimate of drug-likeness (QED) is 0.421. The van der Waals surface area contributed by atoms with Crippen LogP contribution in [-0.2, 0) is 5.75 Å². The molecule has 3 N–H and O–H groups in total. The van der Waals surface area contributed by atoms with Gasteiger partial charge in [0.05, 0.1) is 29.9 Å². The Hall–Kier alpha value is -3.52. The molecule has 4 rings (SSSR count). The van der Waals surface area contributed by atoms with Crippen LogP contribution in [0.25, 0.3) is 11.0 Å². The summed E-state index contributed by atoms with van der Waals surface area (Å²) in [5.41, 5.74) is 3.23. The molecule has 4 aromatic rings. The highest BCUT2D eigenvalue weighted by Gasteiger charge is 2.06. The maximum absolute atomic E-state index is 10.2. The summed E-state index contributed by atoms with van der Waals surface area (Å²) in [5.74, 6) is 0.493. The van der Waals surface area contributed by atoms with Gasteiger partial charge in [0.2, 0.25) is 0 Å². The Balaban J connectivity index is 0.000000224. The number of phenolic OH excluding ortho intramolecular Hbond substituents is 1. The number of rotatable bonds is 5. The number of benzene rings is 2. The summed E-state index contributed by atoms with van der Waals surface area (Å²) in [6.07, 6.45) is 3.48. The van der Waals surface area contributed by atoms with Crippen LogP contribution in [-0.4, -0.2) is 38.2 Å². The number of pyridine rings is 1. The minimum absolute atomic E-state index is 0.149. The number of carboxylic acid groups (broad SMARTS) is 1. The van der Waals surface area contributed by atoms with Gasteiger partial charge in [-0.2, -0.15) is 0 Å². The molecular formula is C21H19N3O4S. The maximum Gasteiger partial charge on any atom is 0.335 e. The lowest BCUT2D eigenvalue weighted by Gasteiger charge is -2.05. The van der Waals surface area contributed by atoms with Gasteiger partial charge in [0.1, 0.15) is 0 Å². The van der Waals surface area contributed by atoms with Crippen LogP contribution in [0.3, 0.4) is 0 Å². The minimum Gasteiger partial charge on any atom is -0.504 e. The first kappa shape index (κ1) is 20.2. The van der Waals surface area contributed by atoms with Crippen molar-refractivity contribution < 1.29 is 19.7 Å². The van der Waals surface area contributed by atoms with Crippen LogP contribution in [0.15, 0.2) is 72.1 Å². The van der Waals surface area contributed by atoms with E-state index in [4.69, 9.17) is 9.84 Å². The molecule has 0 aliphatic carbocycles. The van der Waals surface area contributed by atoms with Crippen molar-refractivity contribution in [2.75, 3.05) is 7.11 Å². The zero-order valence-corrected chi connectivity index (χ0v) is 16.4. The fourth-order valence-corrected chi connectivity index (χ4v) is 3.27. The smallest absolute Gasteiger partial charge is 0.335 e. The third kappa shape index (κ3) is 5.49. The highest BCUT2D eigenvalue weighted by atomic mass is 32.2. The van der Waals surface area contributed by atoms with E-state index < -0.39 is 5.97 Å². The molecule has 0 amide bonds. The number of H-pyrrole nitrogens is 1. The van der Waals surface area contributed by atoms with E-state index in [1.807, 2.05) is 18.2 Å². The lowest BCUT2D eigenvalue weighted by molar-refractivity contribution is 0.0697. The topological polar surface area (TPSA) is 108 Å². The predicted molar refractivity (Wildman–Crippen MR) is 112 cm³/mol. The number of carboxylic acids is 1. The minimum atomic E-state index is -0.879. The standard InChI is InChI=1S/C14H13N3O2S.C7H6O2/c1-19-13-6-9(2-3-12(13)18)8-20-14-16-10-4-5-15-7-11(10)17-14;8-7(9)6-4-2-1-3-5-6/h2-7,18H,8H2,1H3,(H,16,17);1-5H,(H,8,9). The summed E-state index contributed by atoms with van der Waals surface area (Å²) in [5, 5.41) is 18.8. The summed E-state index contributed by atoms with van der Waals surface area (Å²) in [4.78, 5) is 21.9. The van der Waals surface area contributed by atoms with E-state index in [-0.39, 0.29) is 5.75 Å². The molecule has 8 heteroatoms. The molecule has 0 unspecified atom stereocenters. The number of hydrogen-bond donors (Lipinski definition) is 3. The van der Waals surface area contributed by atoms with Gasteiger partial charge in [0.15, 0.2) is 16.7 Å². The number of hydrogen-bond acceptors (Lipinski definition) is 6. The van der Waals surface area contributed by atoms with Crippen LogP contribution in [0.5, 0.6) is 11.5 Å². The number of methoxy groups -OCH3 is 1. The molecule has 29 heavy (non-hydrogen) atoms. The second-order valence-corrected chi connectivity index (χ2v) is 6.86. The van der Waals surface area contributed by atoms with E-state index in [1.54, 1.807) is 60.6 Å². The van der Waals surface area contributed by atoms with Crippen molar-refractivity contribution in [1.29, 1.82) is 0 Å². The van der Waals surface area contributed by atoms with Crippen molar-refractivity contribution in [3.63, 3.8) is 0 Å². The summed E-state index contributed by atoms with van der Waals surface area (Å²) < 4.78 is 5.09. The van der Waals surface area contributed by atoms with E-state index in [0.29, 0.717) is 11.3 Å². The molecule has 7 nitrogen and oxygen atoms in total. The van der Waals surface area contributed by atoms with E-state index in [2.05, 4.69) is 15.0 Å². The Morgan fingerprint density at radius 2 is 1.97 bits per heavy atom. The van der Waals surface area contributed by atoms with Gasteiger partial charge in [-0.15, -0.1) is 0 Å². The Morgan fingerprint density at radius 1 is 1.17 bits per heavy atom. The van der Waals surface area contributed by atoms with Crippen molar-refractivity contribution in [3.8, 4) is 11.5 Å². The lowest BCUT2D eigenvalue weighted by atomic mass is 10.2. The monoisotopic (exact) mass is 409 g/mol. The SMILES string of the molecule is COc1cc(CSc2nc3ccncc3[nH]2)ccc1O.O=C(O)c1ccccc1. The van der Waals surface area contributed by atoms with Crippen molar-refractivity contribution in [2.24, 2.45) is 0 Å². The van der Waals surface area contributed by atoms with Crippen LogP contribution < -0.4 is 4.74 Å². The van der Waals surface area contributed by atoms with Crippen LogP contribution in [0, 0.1) is 0 Å². The van der Waals surface area contributed by atoms with Crippen LogP contribution in [0.1, 0.15) is 15.9 Å². The first-order chi connectivity index (χ1) is 14.1. The lowest BCUT2D eigenvalue weighted by Crippen LogP contribution is -1.93. The molecule has 2 heterocycles. The fraction of sp³-hybridized carbons (Fsp3) is 0.0952. The van der Waals surface area contributed by atoms with Gasteiger partial charge in [0.25, 0.3) is 0 Å². The molecular weight excluding hydrogens is 390 g/mol. The van der Waals surface area contributed by atoms with Gasteiger partial charge in [0, 0.05) is 11.9 Å².